The zero-order valence-corrected chi connectivity index (χ0v) is 46.3. The highest BCUT2D eigenvalue weighted by Gasteiger charge is 2.22. The van der Waals surface area contributed by atoms with Crippen molar-refractivity contribution in [2.24, 2.45) is 0 Å². The molecule has 0 saturated heterocycles. The third kappa shape index (κ3) is 54.1. The average Bonchev–Trinajstić information content (AvgIpc) is 3.34. The number of ether oxygens (including phenoxy) is 4. The molecule has 0 spiro atoms. The molecule has 0 heterocycles. The van der Waals surface area contributed by atoms with Crippen molar-refractivity contribution >= 4 is 17.9 Å². The second-order valence-electron chi connectivity index (χ2n) is 20.2. The largest absolute Gasteiger partial charge is 0.545 e. The Bertz CT molecular complexity index is 1440. The van der Waals surface area contributed by atoms with Crippen molar-refractivity contribution in [2.75, 3.05) is 47.5 Å². The first kappa shape index (κ1) is 67.5. The van der Waals surface area contributed by atoms with Gasteiger partial charge in [0.1, 0.15) is 13.2 Å². The maximum Gasteiger partial charge on any atom is 0.306 e. The highest BCUT2D eigenvalue weighted by atomic mass is 16.7. The number of rotatable bonds is 52. The van der Waals surface area contributed by atoms with Gasteiger partial charge in [0.2, 0.25) is 0 Å². The third-order valence-electron chi connectivity index (χ3n) is 12.1. The molecule has 0 rings (SSSR count). The van der Waals surface area contributed by atoms with E-state index in [4.69, 9.17) is 18.9 Å². The number of likely N-dealkylation sites (N-methyl/N-ethyl adjacent to an activating group) is 1. The Morgan fingerprint density at radius 1 is 0.437 bits per heavy atom. The van der Waals surface area contributed by atoms with E-state index in [2.05, 4.69) is 98.9 Å². The summed E-state index contributed by atoms with van der Waals surface area (Å²) in [6.07, 6.45) is 66.3. The number of nitrogens with zero attached hydrogens (tertiary/aromatic N) is 1. The van der Waals surface area contributed by atoms with Crippen LogP contribution in [0.1, 0.15) is 232 Å². The Morgan fingerprint density at radius 2 is 0.803 bits per heavy atom. The van der Waals surface area contributed by atoms with Crippen molar-refractivity contribution in [3.8, 4) is 0 Å². The molecule has 0 aliphatic heterocycles. The van der Waals surface area contributed by atoms with E-state index in [0.717, 1.165) is 77.0 Å². The van der Waals surface area contributed by atoms with Crippen LogP contribution in [0.25, 0.3) is 0 Å². The van der Waals surface area contributed by atoms with Gasteiger partial charge in [-0.1, -0.05) is 214 Å². The maximum atomic E-state index is 12.8. The molecule has 0 N–H and O–H groups in total. The smallest absolute Gasteiger partial charge is 0.306 e. The molecule has 2 atom stereocenters. The Kier molecular flexibility index (Phi) is 50.2. The van der Waals surface area contributed by atoms with Crippen molar-refractivity contribution in [1.29, 1.82) is 0 Å². The summed E-state index contributed by atoms with van der Waals surface area (Å²) < 4.78 is 22.6. The fourth-order valence-corrected chi connectivity index (χ4v) is 7.71. The predicted molar refractivity (Wildman–Crippen MR) is 297 cm³/mol. The van der Waals surface area contributed by atoms with Crippen LogP contribution >= 0.6 is 0 Å². The molecule has 0 aliphatic rings. The van der Waals surface area contributed by atoms with E-state index in [1.165, 1.54) is 122 Å². The van der Waals surface area contributed by atoms with E-state index in [-0.39, 0.29) is 38.6 Å². The molecule has 0 aliphatic carbocycles. The summed E-state index contributed by atoms with van der Waals surface area (Å²) in [5.74, 6) is -2.33. The van der Waals surface area contributed by atoms with Crippen LogP contribution in [0.3, 0.4) is 0 Å². The summed E-state index contributed by atoms with van der Waals surface area (Å²) in [7, 11) is 5.90. The standard InChI is InChI=1S/C62H107NO8/c1-6-8-10-12-14-16-18-20-22-24-26-27-28-29-30-31-32-33-35-36-38-40-42-44-46-48-50-52-59(64)69-56-58(57-70-62(61(66)67)68-55-54-63(3,4)5)71-60(65)53-51-49-47-45-43-41-39-37-34-25-23-21-19-17-15-13-11-9-7-2/h9,11,15,17-18,20-21,23-24,26,34,37,41,43,58,62H,6-8,10,12-14,16,19,22,25,27-33,35-36,38-40,42,44-57H2,1-5H3/b11-9-,17-15-,20-18-,23-21-,26-24-,37-34-,43-41-. The van der Waals surface area contributed by atoms with Gasteiger partial charge in [-0.05, 0) is 89.9 Å². The zero-order chi connectivity index (χ0) is 52.0. The molecular formula is C62H107NO8. The van der Waals surface area contributed by atoms with Gasteiger partial charge in [0.15, 0.2) is 12.4 Å². The van der Waals surface area contributed by atoms with E-state index >= 15 is 0 Å². The first-order valence-electron chi connectivity index (χ1n) is 28.7. The highest BCUT2D eigenvalue weighted by molar-refractivity contribution is 5.70. The second-order valence-corrected chi connectivity index (χ2v) is 20.2. The van der Waals surface area contributed by atoms with E-state index in [0.29, 0.717) is 17.4 Å². The van der Waals surface area contributed by atoms with Gasteiger partial charge in [-0.15, -0.1) is 0 Å². The molecule has 0 bridgehead atoms. The van der Waals surface area contributed by atoms with Crippen LogP contribution in [0.15, 0.2) is 85.1 Å². The molecule has 0 aromatic rings. The van der Waals surface area contributed by atoms with Gasteiger partial charge in [0, 0.05) is 12.8 Å². The lowest BCUT2D eigenvalue weighted by Gasteiger charge is -2.26. The lowest BCUT2D eigenvalue weighted by atomic mass is 10.0. The van der Waals surface area contributed by atoms with Crippen LogP contribution in [0.4, 0.5) is 0 Å². The van der Waals surface area contributed by atoms with E-state index in [1.807, 2.05) is 21.1 Å². The SMILES string of the molecule is CC/C=C\C/C=C\C/C=C\C/C=C\C/C=C\CCCCCC(=O)OC(COC(=O)CCCCCCCCCCCCCCCCC/C=C\C/C=C\CCCCCCC)COC(OCC[N+](C)(C)C)C(=O)[O-]. The lowest BCUT2D eigenvalue weighted by molar-refractivity contribution is -0.870. The normalized spacial score (nSPS) is 13.4. The predicted octanol–water partition coefficient (Wildman–Crippen LogP) is 15.5. The molecule has 2 unspecified atom stereocenters. The monoisotopic (exact) mass is 994 g/mol. The molecule has 9 nitrogen and oxygen atoms in total. The highest BCUT2D eigenvalue weighted by Crippen LogP contribution is 2.15. The van der Waals surface area contributed by atoms with Gasteiger partial charge in [0.05, 0.1) is 40.3 Å². The summed E-state index contributed by atoms with van der Waals surface area (Å²) in [5, 5.41) is 11.8. The number of esters is 2. The van der Waals surface area contributed by atoms with Crippen molar-refractivity contribution in [3.63, 3.8) is 0 Å². The fourth-order valence-electron chi connectivity index (χ4n) is 7.71. The molecule has 0 aromatic heterocycles. The number of carboxylic acids is 1. The van der Waals surface area contributed by atoms with Gasteiger partial charge < -0.3 is 33.3 Å². The van der Waals surface area contributed by atoms with Crippen molar-refractivity contribution in [3.05, 3.63) is 85.1 Å². The molecule has 0 saturated carbocycles. The number of carbonyl (C=O) groups is 3. The topological polar surface area (TPSA) is 111 Å². The summed E-state index contributed by atoms with van der Waals surface area (Å²) in [6.45, 7) is 4.59. The Labute approximate surface area is 436 Å². The number of quaternary nitrogens is 1. The van der Waals surface area contributed by atoms with Gasteiger partial charge in [-0.3, -0.25) is 9.59 Å². The van der Waals surface area contributed by atoms with Crippen molar-refractivity contribution in [2.45, 2.75) is 245 Å². The van der Waals surface area contributed by atoms with Crippen LogP contribution in [0.2, 0.25) is 0 Å². The summed E-state index contributed by atoms with van der Waals surface area (Å²) in [6, 6.07) is 0. The summed E-state index contributed by atoms with van der Waals surface area (Å²) in [4.78, 5) is 37.3. The zero-order valence-electron chi connectivity index (χ0n) is 46.3. The molecule has 0 amide bonds. The molecule has 9 heteroatoms. The van der Waals surface area contributed by atoms with Gasteiger partial charge in [0.25, 0.3) is 0 Å². The van der Waals surface area contributed by atoms with Gasteiger partial charge >= 0.3 is 11.9 Å². The quantitative estimate of drug-likeness (QED) is 0.0195. The van der Waals surface area contributed by atoms with Crippen LogP contribution < -0.4 is 5.11 Å². The molecular weight excluding hydrogens is 887 g/mol. The maximum absolute atomic E-state index is 12.8. The minimum Gasteiger partial charge on any atom is -0.545 e. The van der Waals surface area contributed by atoms with Crippen molar-refractivity contribution in [1.82, 2.24) is 0 Å². The lowest BCUT2D eigenvalue weighted by Crippen LogP contribution is -2.44. The Morgan fingerprint density at radius 3 is 1.21 bits per heavy atom. The van der Waals surface area contributed by atoms with E-state index < -0.39 is 24.3 Å². The molecule has 71 heavy (non-hydrogen) atoms. The second kappa shape index (κ2) is 52.8. The number of carbonyl (C=O) groups excluding carboxylic acids is 3. The van der Waals surface area contributed by atoms with Gasteiger partial charge in [-0.2, -0.15) is 0 Å². The minimum atomic E-state index is -1.63. The van der Waals surface area contributed by atoms with E-state index in [1.54, 1.807) is 0 Å². The first-order chi connectivity index (χ1) is 34.6. The molecule has 0 fully saturated rings. The van der Waals surface area contributed by atoms with Crippen LogP contribution in [0.5, 0.6) is 0 Å². The Hall–Kier alpha value is -3.53. The fraction of sp³-hybridized carbons (Fsp3) is 0.726. The van der Waals surface area contributed by atoms with E-state index in [9.17, 15) is 19.5 Å². The molecule has 408 valence electrons. The number of allylic oxidation sites excluding steroid dienone is 14. The number of carboxylic acid groups (broad SMARTS) is 1. The van der Waals surface area contributed by atoms with Crippen LogP contribution in [-0.4, -0.2) is 82.3 Å². The van der Waals surface area contributed by atoms with Crippen molar-refractivity contribution < 1.29 is 42.9 Å². The number of hydrogen-bond acceptors (Lipinski definition) is 8. The van der Waals surface area contributed by atoms with Gasteiger partial charge in [-0.25, -0.2) is 0 Å². The van der Waals surface area contributed by atoms with Crippen LogP contribution in [-0.2, 0) is 33.3 Å². The first-order valence-corrected chi connectivity index (χ1v) is 28.7. The van der Waals surface area contributed by atoms with Crippen LogP contribution in [0, 0.1) is 0 Å². The summed E-state index contributed by atoms with van der Waals surface area (Å²) >= 11 is 0. The number of aliphatic carboxylic acids is 1. The third-order valence-corrected chi connectivity index (χ3v) is 12.1. The Balaban J connectivity index is 4.26. The number of unbranched alkanes of at least 4 members (excludes halogenated alkanes) is 23. The minimum absolute atomic E-state index is 0.137. The average molecular weight is 995 g/mol. The number of hydrogen-bond donors (Lipinski definition) is 0. The molecule has 0 aromatic carbocycles. The summed E-state index contributed by atoms with van der Waals surface area (Å²) in [5.41, 5.74) is 0. The molecule has 0 radical (unpaired) electrons.